The maximum absolute atomic E-state index is 13.7. The van der Waals surface area contributed by atoms with Gasteiger partial charge in [-0.3, -0.25) is 10.1 Å². The van der Waals surface area contributed by atoms with Crippen molar-refractivity contribution in [2.75, 3.05) is 5.73 Å². The van der Waals surface area contributed by atoms with Crippen LogP contribution >= 0.6 is 11.3 Å². The number of rotatable bonds is 5. The van der Waals surface area contributed by atoms with Gasteiger partial charge in [-0.15, -0.1) is 11.3 Å². The van der Waals surface area contributed by atoms with Crippen molar-refractivity contribution in [3.63, 3.8) is 0 Å². The van der Waals surface area contributed by atoms with Crippen LogP contribution in [0.5, 0.6) is 0 Å². The molecule has 5 aromatic rings. The molecule has 7 nitrogen and oxygen atoms in total. The van der Waals surface area contributed by atoms with E-state index in [0.29, 0.717) is 28.4 Å². The number of H-pyrrole nitrogens is 2. The number of hydrogen-bond donors (Lipinski definition) is 3. The Kier molecular flexibility index (Phi) is 4.87. The third-order valence-electron chi connectivity index (χ3n) is 4.95. The molecule has 5 aromatic heterocycles. The first-order valence-electron chi connectivity index (χ1n) is 9.75. The fourth-order valence-corrected chi connectivity index (χ4v) is 4.27. The van der Waals surface area contributed by atoms with Crippen LogP contribution in [0.15, 0.2) is 61.5 Å². The second kappa shape index (κ2) is 7.86. The monoisotopic (exact) mass is 443 g/mol. The molecule has 0 spiro atoms. The Labute approximate surface area is 186 Å². The van der Waals surface area contributed by atoms with Gasteiger partial charge in [0.1, 0.15) is 5.52 Å². The summed E-state index contributed by atoms with van der Waals surface area (Å²) in [6.07, 6.45) is 6.79. The fraction of sp³-hybridized carbons (Fsp3) is 0.0435. The van der Waals surface area contributed by atoms with Crippen molar-refractivity contribution in [1.82, 2.24) is 30.1 Å². The molecule has 0 saturated heterocycles. The number of aromatic amines is 2. The number of nitrogens with zero attached hydrogens (tertiary/aromatic N) is 4. The second-order valence-corrected chi connectivity index (χ2v) is 8.18. The van der Waals surface area contributed by atoms with Gasteiger partial charge in [0, 0.05) is 34.1 Å². The summed E-state index contributed by atoms with van der Waals surface area (Å²) >= 11 is 1.06. The lowest BCUT2D eigenvalue weighted by Gasteiger charge is -2.02. The molecule has 5 heterocycles. The SMILES string of the molecule is C=C/C=C(/c1ccc(F)s1)c1nc(-c2n[nH]c3ccc(-c4cncc(N)c4)nc23)[nH]c1C. The van der Waals surface area contributed by atoms with Crippen LogP contribution in [-0.4, -0.2) is 30.1 Å². The highest BCUT2D eigenvalue weighted by atomic mass is 32.1. The zero-order valence-electron chi connectivity index (χ0n) is 17.1. The normalized spacial score (nSPS) is 11.9. The maximum atomic E-state index is 13.7. The van der Waals surface area contributed by atoms with Crippen LogP contribution in [0.3, 0.4) is 0 Å². The summed E-state index contributed by atoms with van der Waals surface area (Å²) in [4.78, 5) is 17.8. The lowest BCUT2D eigenvalue weighted by atomic mass is 10.1. The van der Waals surface area contributed by atoms with Crippen LogP contribution in [-0.2, 0) is 0 Å². The van der Waals surface area contributed by atoms with Gasteiger partial charge in [0.15, 0.2) is 16.6 Å². The predicted octanol–water partition coefficient (Wildman–Crippen LogP) is 5.12. The van der Waals surface area contributed by atoms with Gasteiger partial charge in [0.05, 0.1) is 22.6 Å². The van der Waals surface area contributed by atoms with E-state index in [-0.39, 0.29) is 5.13 Å². The third kappa shape index (κ3) is 3.48. The van der Waals surface area contributed by atoms with E-state index in [4.69, 9.17) is 15.7 Å². The van der Waals surface area contributed by atoms with Gasteiger partial charge in [-0.05, 0) is 37.3 Å². The number of nitrogens with one attached hydrogen (secondary N) is 2. The topological polar surface area (TPSA) is 109 Å². The van der Waals surface area contributed by atoms with E-state index in [9.17, 15) is 4.39 Å². The zero-order valence-corrected chi connectivity index (χ0v) is 17.9. The van der Waals surface area contributed by atoms with E-state index >= 15 is 0 Å². The first-order chi connectivity index (χ1) is 15.5. The van der Waals surface area contributed by atoms with Crippen LogP contribution in [0.4, 0.5) is 10.1 Å². The molecule has 0 unspecified atom stereocenters. The van der Waals surface area contributed by atoms with E-state index in [2.05, 4.69) is 26.7 Å². The fourth-order valence-electron chi connectivity index (χ4n) is 3.51. The Morgan fingerprint density at radius 1 is 1.19 bits per heavy atom. The quantitative estimate of drug-likeness (QED) is 0.327. The molecule has 0 fully saturated rings. The Bertz CT molecular complexity index is 1490. The largest absolute Gasteiger partial charge is 0.397 e. The molecule has 5 rings (SSSR count). The highest BCUT2D eigenvalue weighted by Gasteiger charge is 2.19. The van der Waals surface area contributed by atoms with Crippen LogP contribution in [0.25, 0.3) is 39.4 Å². The molecular formula is C23H18FN7S. The average molecular weight is 444 g/mol. The van der Waals surface area contributed by atoms with Crippen LogP contribution < -0.4 is 5.73 Å². The number of fused-ring (bicyclic) bond motifs is 1. The van der Waals surface area contributed by atoms with E-state index in [1.54, 1.807) is 24.5 Å². The minimum Gasteiger partial charge on any atom is -0.397 e. The number of hydrogen-bond acceptors (Lipinski definition) is 6. The van der Waals surface area contributed by atoms with Crippen LogP contribution in [0.2, 0.25) is 0 Å². The van der Waals surface area contributed by atoms with E-state index in [1.807, 2.05) is 31.2 Å². The number of halogens is 1. The first kappa shape index (κ1) is 19.8. The predicted molar refractivity (Wildman–Crippen MR) is 125 cm³/mol. The Hall–Kier alpha value is -4.11. The van der Waals surface area contributed by atoms with Gasteiger partial charge < -0.3 is 10.7 Å². The summed E-state index contributed by atoms with van der Waals surface area (Å²) in [5, 5.41) is 7.18. The van der Waals surface area contributed by atoms with E-state index < -0.39 is 0 Å². The van der Waals surface area contributed by atoms with Crippen molar-refractivity contribution in [2.45, 2.75) is 6.92 Å². The van der Waals surface area contributed by atoms with E-state index in [0.717, 1.165) is 44.3 Å². The lowest BCUT2D eigenvalue weighted by molar-refractivity contribution is 0.657. The number of nitrogens with two attached hydrogens (primary N) is 1. The Morgan fingerprint density at radius 2 is 2.06 bits per heavy atom. The molecule has 9 heteroatoms. The maximum Gasteiger partial charge on any atom is 0.176 e. The minimum absolute atomic E-state index is 0.255. The number of imidazole rings is 1. The molecule has 0 aliphatic carbocycles. The third-order valence-corrected chi connectivity index (χ3v) is 5.86. The number of anilines is 1. The molecule has 0 saturated carbocycles. The van der Waals surface area contributed by atoms with Gasteiger partial charge in [-0.2, -0.15) is 9.49 Å². The number of thiophene rings is 1. The summed E-state index contributed by atoms with van der Waals surface area (Å²) in [7, 11) is 0. The molecule has 0 bridgehead atoms. The van der Waals surface area contributed by atoms with Crippen molar-refractivity contribution < 1.29 is 4.39 Å². The number of pyridine rings is 2. The smallest absolute Gasteiger partial charge is 0.176 e. The molecule has 0 amide bonds. The highest BCUT2D eigenvalue weighted by Crippen LogP contribution is 2.33. The van der Waals surface area contributed by atoms with Gasteiger partial charge in [0.25, 0.3) is 0 Å². The average Bonchev–Trinajstić information content (AvgIpc) is 3.50. The molecule has 0 radical (unpaired) electrons. The Balaban J connectivity index is 1.61. The van der Waals surface area contributed by atoms with Crippen LogP contribution in [0, 0.1) is 12.1 Å². The lowest BCUT2D eigenvalue weighted by Crippen LogP contribution is -1.91. The number of allylic oxidation sites excluding steroid dienone is 2. The highest BCUT2D eigenvalue weighted by molar-refractivity contribution is 7.11. The molecule has 0 aliphatic rings. The molecule has 4 N–H and O–H groups in total. The summed E-state index contributed by atoms with van der Waals surface area (Å²) in [6.45, 7) is 5.70. The molecular weight excluding hydrogens is 425 g/mol. The molecule has 0 aromatic carbocycles. The summed E-state index contributed by atoms with van der Waals surface area (Å²) < 4.78 is 13.7. The number of aryl methyl sites for hydroxylation is 1. The minimum atomic E-state index is -0.255. The molecule has 32 heavy (non-hydrogen) atoms. The standard InChI is InChI=1S/C23H18FN7S/c1-3-4-15(18-7-8-19(24)32-18)20-12(2)27-23(29-20)22-21-17(30-31-22)6-5-16(28-21)13-9-14(25)11-26-10-13/h3-11H,1,25H2,2H3,(H,27,29)(H,30,31)/b15-4-. The number of aromatic nitrogens is 6. The summed E-state index contributed by atoms with van der Waals surface area (Å²) in [5.41, 5.74) is 12.3. The van der Waals surface area contributed by atoms with Gasteiger partial charge in [0.2, 0.25) is 0 Å². The van der Waals surface area contributed by atoms with Crippen molar-refractivity contribution in [3.8, 4) is 22.8 Å². The second-order valence-electron chi connectivity index (χ2n) is 7.15. The molecule has 0 aliphatic heterocycles. The van der Waals surface area contributed by atoms with Crippen molar-refractivity contribution in [2.24, 2.45) is 0 Å². The van der Waals surface area contributed by atoms with Crippen molar-refractivity contribution in [1.29, 1.82) is 0 Å². The van der Waals surface area contributed by atoms with E-state index in [1.165, 1.54) is 6.07 Å². The Morgan fingerprint density at radius 3 is 2.81 bits per heavy atom. The van der Waals surface area contributed by atoms with Gasteiger partial charge in [-0.25, -0.2) is 9.97 Å². The summed E-state index contributed by atoms with van der Waals surface area (Å²) in [5.74, 6) is 0.561. The van der Waals surface area contributed by atoms with Crippen molar-refractivity contribution in [3.05, 3.63) is 82.9 Å². The van der Waals surface area contributed by atoms with Gasteiger partial charge >= 0.3 is 0 Å². The first-order valence-corrected chi connectivity index (χ1v) is 10.6. The van der Waals surface area contributed by atoms with Gasteiger partial charge in [-0.1, -0.05) is 18.7 Å². The van der Waals surface area contributed by atoms with Crippen LogP contribution in [0.1, 0.15) is 16.3 Å². The number of nitrogen functional groups attached to an aromatic ring is 1. The zero-order chi connectivity index (χ0) is 22.2. The molecule has 158 valence electrons. The summed E-state index contributed by atoms with van der Waals surface area (Å²) in [6, 6.07) is 8.79. The van der Waals surface area contributed by atoms with Crippen molar-refractivity contribution >= 4 is 33.6 Å². The molecule has 0 atom stereocenters.